The second-order valence-corrected chi connectivity index (χ2v) is 9.28. The van der Waals surface area contributed by atoms with Gasteiger partial charge in [-0.1, -0.05) is 42.0 Å². The minimum Gasteiger partial charge on any atom is -0.497 e. The first-order valence-corrected chi connectivity index (χ1v) is 12.4. The van der Waals surface area contributed by atoms with Gasteiger partial charge in [-0.3, -0.25) is 4.79 Å². The third-order valence-corrected chi connectivity index (χ3v) is 6.51. The van der Waals surface area contributed by atoms with Crippen molar-refractivity contribution in [3.05, 3.63) is 108 Å². The number of hydrogen-bond acceptors (Lipinski definition) is 3. The Hall–Kier alpha value is -4.59. The van der Waals surface area contributed by atoms with Gasteiger partial charge in [-0.2, -0.15) is 13.2 Å². The molecular weight excluding hydrogens is 503 g/mol. The Bertz CT molecular complexity index is 1640. The second-order valence-electron chi connectivity index (χ2n) is 9.28. The van der Waals surface area contributed by atoms with Crippen LogP contribution in [0.25, 0.3) is 28.0 Å². The third kappa shape index (κ3) is 5.80. The number of alkyl halides is 3. The maximum absolute atomic E-state index is 13.3. The number of amides is 1. The van der Waals surface area contributed by atoms with Crippen LogP contribution < -0.4 is 10.1 Å². The lowest BCUT2D eigenvalue weighted by Gasteiger charge is -2.11. The largest absolute Gasteiger partial charge is 0.497 e. The lowest BCUT2D eigenvalue weighted by molar-refractivity contribution is -0.137. The first-order valence-electron chi connectivity index (χ1n) is 12.4. The van der Waals surface area contributed by atoms with Crippen molar-refractivity contribution in [2.24, 2.45) is 0 Å². The number of hydrogen-bond donors (Lipinski definition) is 1. The Morgan fingerprint density at radius 2 is 1.67 bits per heavy atom. The summed E-state index contributed by atoms with van der Waals surface area (Å²) in [5.74, 6) is 0.511. The molecule has 3 aromatic carbocycles. The van der Waals surface area contributed by atoms with Crippen molar-refractivity contribution >= 4 is 17.2 Å². The molecule has 8 heteroatoms. The fourth-order valence-electron chi connectivity index (χ4n) is 4.47. The van der Waals surface area contributed by atoms with Gasteiger partial charge in [0.2, 0.25) is 5.91 Å². The summed E-state index contributed by atoms with van der Waals surface area (Å²) in [6.45, 7) is 1.98. The van der Waals surface area contributed by atoms with Gasteiger partial charge >= 0.3 is 6.18 Å². The SMILES string of the molecule is COc1cccc(-c2nc3ccc(-c4cccc(C(F)(F)F)c4)cn3c2CCC(=O)Nc2ccc(C)cc2)c1. The molecule has 0 bridgehead atoms. The minimum atomic E-state index is -4.44. The van der Waals surface area contributed by atoms with E-state index in [2.05, 4.69) is 5.32 Å². The third-order valence-electron chi connectivity index (χ3n) is 6.51. The van der Waals surface area contributed by atoms with Crippen LogP contribution in [0.1, 0.15) is 23.2 Å². The summed E-state index contributed by atoms with van der Waals surface area (Å²) in [7, 11) is 1.58. The number of carbonyl (C=O) groups excluding carboxylic acids is 1. The molecule has 0 spiro atoms. The maximum atomic E-state index is 13.3. The molecule has 0 saturated carbocycles. The molecule has 198 valence electrons. The Morgan fingerprint density at radius 3 is 2.41 bits per heavy atom. The topological polar surface area (TPSA) is 55.6 Å². The highest BCUT2D eigenvalue weighted by atomic mass is 19.4. The molecule has 0 atom stereocenters. The van der Waals surface area contributed by atoms with Crippen molar-refractivity contribution in [3.63, 3.8) is 0 Å². The van der Waals surface area contributed by atoms with Gasteiger partial charge in [0.05, 0.1) is 24.1 Å². The fourth-order valence-corrected chi connectivity index (χ4v) is 4.47. The quantitative estimate of drug-likeness (QED) is 0.237. The zero-order valence-electron chi connectivity index (χ0n) is 21.4. The van der Waals surface area contributed by atoms with Gasteiger partial charge in [-0.15, -0.1) is 0 Å². The summed E-state index contributed by atoms with van der Waals surface area (Å²) in [5, 5.41) is 2.92. The van der Waals surface area contributed by atoms with Crippen LogP contribution in [-0.2, 0) is 17.4 Å². The number of imidazole rings is 1. The summed E-state index contributed by atoms with van der Waals surface area (Å²) in [4.78, 5) is 17.6. The summed E-state index contributed by atoms with van der Waals surface area (Å²) in [5.41, 5.74) is 5.02. The van der Waals surface area contributed by atoms with Crippen molar-refractivity contribution in [2.75, 3.05) is 12.4 Å². The molecule has 2 heterocycles. The number of halogens is 3. The highest BCUT2D eigenvalue weighted by molar-refractivity contribution is 5.91. The van der Waals surface area contributed by atoms with Crippen molar-refractivity contribution in [2.45, 2.75) is 25.9 Å². The van der Waals surface area contributed by atoms with E-state index in [4.69, 9.17) is 9.72 Å². The van der Waals surface area contributed by atoms with E-state index >= 15 is 0 Å². The zero-order valence-corrected chi connectivity index (χ0v) is 21.4. The van der Waals surface area contributed by atoms with E-state index in [0.29, 0.717) is 40.3 Å². The summed E-state index contributed by atoms with van der Waals surface area (Å²) in [6.07, 6.45) is -2.12. The monoisotopic (exact) mass is 529 g/mol. The van der Waals surface area contributed by atoms with E-state index in [1.165, 1.54) is 6.07 Å². The highest BCUT2D eigenvalue weighted by Gasteiger charge is 2.30. The Morgan fingerprint density at radius 1 is 0.923 bits per heavy atom. The normalized spacial score (nSPS) is 11.5. The fraction of sp³-hybridized carbons (Fsp3) is 0.161. The van der Waals surface area contributed by atoms with Crippen molar-refractivity contribution < 1.29 is 22.7 Å². The molecule has 39 heavy (non-hydrogen) atoms. The number of benzene rings is 3. The number of methoxy groups -OCH3 is 1. The lowest BCUT2D eigenvalue weighted by Crippen LogP contribution is -2.13. The van der Waals surface area contributed by atoms with Gasteiger partial charge in [0.1, 0.15) is 11.4 Å². The van der Waals surface area contributed by atoms with Crippen molar-refractivity contribution in [1.29, 1.82) is 0 Å². The van der Waals surface area contributed by atoms with E-state index < -0.39 is 11.7 Å². The molecule has 1 amide bonds. The maximum Gasteiger partial charge on any atom is 0.416 e. The number of aromatic nitrogens is 2. The Kier molecular flexibility index (Phi) is 7.11. The van der Waals surface area contributed by atoms with E-state index in [1.54, 1.807) is 31.5 Å². The van der Waals surface area contributed by atoms with Crippen molar-refractivity contribution in [1.82, 2.24) is 9.38 Å². The number of rotatable bonds is 7. The average molecular weight is 530 g/mol. The number of ether oxygens (including phenoxy) is 1. The summed E-state index contributed by atoms with van der Waals surface area (Å²) in [6, 6.07) is 23.8. The standard InChI is InChI=1S/C31H26F3N3O2/c1-20-9-12-25(13-10-20)35-29(38)16-14-27-30(22-6-4-8-26(18-22)39-2)36-28-15-11-23(19-37(27)28)21-5-3-7-24(17-21)31(32,33)34/h3-13,15,17-19H,14,16H2,1-2H3,(H,35,38). The predicted molar refractivity (Wildman–Crippen MR) is 146 cm³/mol. The Balaban J connectivity index is 1.53. The molecule has 0 radical (unpaired) electrons. The molecule has 5 nitrogen and oxygen atoms in total. The van der Waals surface area contributed by atoms with Crippen LogP contribution in [0, 0.1) is 6.92 Å². The number of carbonyl (C=O) groups is 1. The number of aryl methyl sites for hydroxylation is 2. The van der Waals surface area contributed by atoms with Gasteiger partial charge < -0.3 is 14.5 Å². The molecular formula is C31H26F3N3O2. The Labute approximate surface area is 223 Å². The average Bonchev–Trinajstić information content (AvgIpc) is 3.30. The zero-order chi connectivity index (χ0) is 27.6. The van der Waals surface area contributed by atoms with Gasteiger partial charge in [-0.05, 0) is 73.0 Å². The van der Waals surface area contributed by atoms with Gasteiger partial charge in [0.15, 0.2) is 0 Å². The summed E-state index contributed by atoms with van der Waals surface area (Å²) >= 11 is 0. The molecule has 0 saturated heterocycles. The van der Waals surface area contributed by atoms with Crippen LogP contribution in [-0.4, -0.2) is 22.4 Å². The predicted octanol–water partition coefficient (Wildman–Crippen LogP) is 7.58. The van der Waals surface area contributed by atoms with E-state index in [1.807, 2.05) is 59.9 Å². The first-order chi connectivity index (χ1) is 18.7. The number of pyridine rings is 1. The molecule has 5 aromatic rings. The molecule has 0 aliphatic heterocycles. The molecule has 0 aliphatic rings. The number of nitrogens with one attached hydrogen (secondary N) is 1. The van der Waals surface area contributed by atoms with Gasteiger partial charge in [0, 0.05) is 23.9 Å². The van der Waals surface area contributed by atoms with Crippen LogP contribution in [0.15, 0.2) is 91.1 Å². The van der Waals surface area contributed by atoms with Crippen LogP contribution in [0.2, 0.25) is 0 Å². The number of anilines is 1. The smallest absolute Gasteiger partial charge is 0.416 e. The summed E-state index contributed by atoms with van der Waals surface area (Å²) < 4.78 is 47.3. The number of fused-ring (bicyclic) bond motifs is 1. The van der Waals surface area contributed by atoms with Crippen molar-refractivity contribution in [3.8, 4) is 28.1 Å². The van der Waals surface area contributed by atoms with E-state index in [-0.39, 0.29) is 12.3 Å². The molecule has 5 rings (SSSR count). The van der Waals surface area contributed by atoms with Gasteiger partial charge in [0.25, 0.3) is 0 Å². The van der Waals surface area contributed by atoms with Crippen LogP contribution >= 0.6 is 0 Å². The molecule has 1 N–H and O–H groups in total. The minimum absolute atomic E-state index is 0.153. The van der Waals surface area contributed by atoms with Crippen LogP contribution in [0.3, 0.4) is 0 Å². The molecule has 0 aliphatic carbocycles. The van der Waals surface area contributed by atoms with E-state index in [9.17, 15) is 18.0 Å². The number of nitrogens with zero attached hydrogens (tertiary/aromatic N) is 2. The van der Waals surface area contributed by atoms with Gasteiger partial charge in [-0.25, -0.2) is 4.98 Å². The molecule has 0 unspecified atom stereocenters. The lowest BCUT2D eigenvalue weighted by atomic mass is 10.0. The molecule has 2 aromatic heterocycles. The first kappa shape index (κ1) is 26.0. The van der Waals surface area contributed by atoms with Crippen LogP contribution in [0.4, 0.5) is 18.9 Å². The second kappa shape index (κ2) is 10.6. The molecule has 0 fully saturated rings. The highest BCUT2D eigenvalue weighted by Crippen LogP contribution is 2.34. The van der Waals surface area contributed by atoms with E-state index in [0.717, 1.165) is 29.0 Å². The van der Waals surface area contributed by atoms with Crippen LogP contribution in [0.5, 0.6) is 5.75 Å².